The van der Waals surface area contributed by atoms with Gasteiger partial charge in [0.2, 0.25) is 17.7 Å². The highest BCUT2D eigenvalue weighted by Gasteiger charge is 2.45. The molecule has 2 saturated heterocycles. The summed E-state index contributed by atoms with van der Waals surface area (Å²) in [6, 6.07) is 7.68. The third kappa shape index (κ3) is 10.3. The van der Waals surface area contributed by atoms with Gasteiger partial charge < -0.3 is 24.7 Å². The highest BCUT2D eigenvalue weighted by molar-refractivity contribution is 6.25. The molecular weight excluding hydrogens is 841 g/mol. The number of imide groups is 2. The van der Waals surface area contributed by atoms with Gasteiger partial charge in [-0.2, -0.15) is 5.10 Å². The molecule has 0 radical (unpaired) electrons. The molecule has 0 spiro atoms. The molecule has 3 aromatic heterocycles. The lowest BCUT2D eigenvalue weighted by Crippen LogP contribution is -2.54. The molecule has 5 aliphatic rings. The lowest BCUT2D eigenvalue weighted by Gasteiger charge is -2.36. The van der Waals surface area contributed by atoms with Crippen LogP contribution in [0.15, 0.2) is 53.4 Å². The Bertz CT molecular complexity index is 2400. The third-order valence-corrected chi connectivity index (χ3v) is 13.5. The number of nitrogens with one attached hydrogen (secondary N) is 3. The van der Waals surface area contributed by atoms with Crippen LogP contribution in [0.1, 0.15) is 139 Å². The van der Waals surface area contributed by atoms with E-state index in [9.17, 15) is 32.8 Å². The number of unbranched alkanes of at least 4 members (excludes halogenated alkanes) is 1. The van der Waals surface area contributed by atoms with Gasteiger partial charge in [0, 0.05) is 68.5 Å². The van der Waals surface area contributed by atoms with Crippen molar-refractivity contribution in [1.82, 2.24) is 34.9 Å². The number of alkyl halides is 2. The van der Waals surface area contributed by atoms with E-state index in [-0.39, 0.29) is 53.4 Å². The highest BCUT2D eigenvalue weighted by atomic mass is 19.3. The summed E-state index contributed by atoms with van der Waals surface area (Å²) in [5, 5.41) is 12.4. The molecule has 344 valence electrons. The Hall–Kier alpha value is -5.88. The van der Waals surface area contributed by atoms with Gasteiger partial charge in [0.15, 0.2) is 11.4 Å². The summed E-state index contributed by atoms with van der Waals surface area (Å²) in [6.07, 6.45) is 13.5. The molecule has 3 N–H and O–H groups in total. The molecule has 4 fully saturated rings. The number of hydrogen-bond donors (Lipinski definition) is 3. The number of carbonyl (C=O) groups is 5. The number of likely N-dealkylation sites (tertiary alicyclic amines) is 1. The van der Waals surface area contributed by atoms with Crippen LogP contribution in [-0.2, 0) is 20.7 Å². The number of aromatic nitrogens is 4. The summed E-state index contributed by atoms with van der Waals surface area (Å²) in [7, 11) is 0. The number of halogens is 2. The van der Waals surface area contributed by atoms with E-state index in [1.54, 1.807) is 35.1 Å². The number of nitrogens with zero attached hydrogens (tertiary/aromatic N) is 6. The first-order valence-corrected chi connectivity index (χ1v) is 23.1. The molecule has 1 aromatic carbocycles. The lowest BCUT2D eigenvalue weighted by atomic mass is 9.85. The molecule has 16 nitrogen and oxygen atoms in total. The lowest BCUT2D eigenvalue weighted by molar-refractivity contribution is -0.136. The van der Waals surface area contributed by atoms with E-state index < -0.39 is 47.7 Å². The molecule has 2 aliphatic carbocycles. The van der Waals surface area contributed by atoms with E-state index in [2.05, 4.69) is 35.9 Å². The minimum atomic E-state index is -2.86. The number of amides is 5. The van der Waals surface area contributed by atoms with Crippen molar-refractivity contribution in [3.05, 3.63) is 77.2 Å². The van der Waals surface area contributed by atoms with Crippen LogP contribution in [0.25, 0.3) is 11.5 Å². The van der Waals surface area contributed by atoms with Gasteiger partial charge in [-0.3, -0.25) is 43.9 Å². The molecule has 0 bridgehead atoms. The zero-order valence-electron chi connectivity index (χ0n) is 36.3. The number of piperidine rings is 2. The SMILES string of the molecule is O=C1CCC(N2C(=O)c3cccc(NCCCCOC4CCN(CC5CCC(n6cc(NC(=O)c7coc(-c8ccnc(CCC9CC9)c8)n7)c(C(F)F)n6)CC5)CC4)c3C2=O)C(=O)N1. The standard InChI is InChI=1S/C47H55F2N9O7/c48-42(49)41-36(52-43(60)37-27-65-45(53-37)30-16-20-50-31(24-30)11-8-28-6-7-28)26-57(55-41)32-12-9-29(10-13-32)25-56-21-17-33(18-22-56)64-23-2-1-19-51-35-5-3-4-34-40(35)47(63)58(46(34)62)38-14-15-39(59)54-44(38)61/h3-5,16,20,24,26-29,32-33,38,42,51H,1-2,6-15,17-19,21-23,25H2,(H,52,60)(H,54,59,61). The predicted octanol–water partition coefficient (Wildman–Crippen LogP) is 6.97. The monoisotopic (exact) mass is 895 g/mol. The van der Waals surface area contributed by atoms with E-state index in [1.165, 1.54) is 25.3 Å². The average Bonchev–Trinajstić information content (AvgIpc) is 3.71. The van der Waals surface area contributed by atoms with Gasteiger partial charge in [0.05, 0.1) is 29.0 Å². The van der Waals surface area contributed by atoms with E-state index in [1.807, 2.05) is 6.07 Å². The van der Waals surface area contributed by atoms with Gasteiger partial charge in [0.1, 0.15) is 12.3 Å². The van der Waals surface area contributed by atoms with E-state index in [0.29, 0.717) is 30.3 Å². The summed E-state index contributed by atoms with van der Waals surface area (Å²) in [5.41, 5.74) is 2.18. The molecule has 6 heterocycles. The van der Waals surface area contributed by atoms with Crippen LogP contribution in [0, 0.1) is 11.8 Å². The number of fused-ring (bicyclic) bond motifs is 1. The van der Waals surface area contributed by atoms with Gasteiger partial charge in [-0.05, 0) is 107 Å². The van der Waals surface area contributed by atoms with Crippen molar-refractivity contribution in [3.63, 3.8) is 0 Å². The second-order valence-electron chi connectivity index (χ2n) is 18.1. The molecule has 4 aromatic rings. The van der Waals surface area contributed by atoms with Crippen LogP contribution in [0.3, 0.4) is 0 Å². The highest BCUT2D eigenvalue weighted by Crippen LogP contribution is 2.37. The molecular formula is C47H55F2N9O7. The summed E-state index contributed by atoms with van der Waals surface area (Å²) in [4.78, 5) is 76.0. The minimum Gasteiger partial charge on any atom is -0.444 e. The van der Waals surface area contributed by atoms with Crippen molar-refractivity contribution in [1.29, 1.82) is 0 Å². The largest absolute Gasteiger partial charge is 0.444 e. The van der Waals surface area contributed by atoms with Gasteiger partial charge in [-0.25, -0.2) is 13.8 Å². The smallest absolute Gasteiger partial charge is 0.284 e. The molecule has 2 saturated carbocycles. The molecule has 65 heavy (non-hydrogen) atoms. The van der Waals surface area contributed by atoms with Crippen LogP contribution in [0.2, 0.25) is 0 Å². The quantitative estimate of drug-likeness (QED) is 0.0687. The Balaban J connectivity index is 0.674. The first kappa shape index (κ1) is 44.3. The summed E-state index contributed by atoms with van der Waals surface area (Å²) >= 11 is 0. The van der Waals surface area contributed by atoms with Crippen LogP contribution in [-0.4, -0.2) is 104 Å². The maximum atomic E-state index is 14.2. The number of hydrogen-bond acceptors (Lipinski definition) is 12. The molecule has 3 aliphatic heterocycles. The fraction of sp³-hybridized carbons (Fsp3) is 0.532. The fourth-order valence-corrected chi connectivity index (χ4v) is 9.63. The number of benzene rings is 1. The number of ether oxygens (including phenoxy) is 1. The first-order valence-electron chi connectivity index (χ1n) is 23.1. The zero-order valence-corrected chi connectivity index (χ0v) is 36.3. The van der Waals surface area contributed by atoms with Crippen molar-refractivity contribution in [2.24, 2.45) is 11.8 Å². The second kappa shape index (κ2) is 19.7. The van der Waals surface area contributed by atoms with Gasteiger partial charge in [-0.1, -0.05) is 18.9 Å². The summed E-state index contributed by atoms with van der Waals surface area (Å²) in [5.74, 6) is -1.21. The molecule has 18 heteroatoms. The zero-order chi connectivity index (χ0) is 45.0. The fourth-order valence-electron chi connectivity index (χ4n) is 9.63. The molecule has 1 atom stereocenters. The molecule has 5 amide bonds. The van der Waals surface area contributed by atoms with Crippen molar-refractivity contribution in [2.45, 2.75) is 115 Å². The Morgan fingerprint density at radius 1 is 0.938 bits per heavy atom. The Morgan fingerprint density at radius 2 is 1.74 bits per heavy atom. The minimum absolute atomic E-state index is 0.0124. The first-order chi connectivity index (χ1) is 31.6. The van der Waals surface area contributed by atoms with Gasteiger partial charge in [-0.15, -0.1) is 0 Å². The third-order valence-electron chi connectivity index (χ3n) is 13.5. The van der Waals surface area contributed by atoms with Gasteiger partial charge in [0.25, 0.3) is 24.1 Å². The predicted molar refractivity (Wildman–Crippen MR) is 233 cm³/mol. The number of oxazole rings is 1. The second-order valence-corrected chi connectivity index (χ2v) is 18.1. The van der Waals surface area contributed by atoms with E-state index in [4.69, 9.17) is 9.15 Å². The summed E-state index contributed by atoms with van der Waals surface area (Å²) in [6.45, 7) is 4.07. The van der Waals surface area contributed by atoms with Crippen molar-refractivity contribution >= 4 is 40.9 Å². The van der Waals surface area contributed by atoms with Crippen LogP contribution in [0.5, 0.6) is 0 Å². The Kier molecular flexibility index (Phi) is 13.4. The Labute approximate surface area is 375 Å². The number of carbonyl (C=O) groups excluding carboxylic acids is 5. The number of anilines is 2. The van der Waals surface area contributed by atoms with Crippen LogP contribution in [0.4, 0.5) is 20.2 Å². The van der Waals surface area contributed by atoms with E-state index >= 15 is 0 Å². The molecule has 9 rings (SSSR count). The normalized spacial score (nSPS) is 21.8. The van der Waals surface area contributed by atoms with Crippen LogP contribution < -0.4 is 16.0 Å². The summed E-state index contributed by atoms with van der Waals surface area (Å²) < 4.78 is 41.8. The van der Waals surface area contributed by atoms with E-state index in [0.717, 1.165) is 100 Å². The maximum Gasteiger partial charge on any atom is 0.284 e. The van der Waals surface area contributed by atoms with Crippen molar-refractivity contribution < 1.29 is 41.9 Å². The number of aryl methyl sites for hydroxylation is 1. The Morgan fingerprint density at radius 3 is 2.51 bits per heavy atom. The molecule has 1 unspecified atom stereocenters. The number of rotatable bonds is 18. The topological polar surface area (TPSA) is 194 Å². The maximum absolute atomic E-state index is 14.2. The van der Waals surface area contributed by atoms with Crippen molar-refractivity contribution in [2.75, 3.05) is 43.4 Å². The van der Waals surface area contributed by atoms with Gasteiger partial charge >= 0.3 is 0 Å². The van der Waals surface area contributed by atoms with Crippen LogP contribution >= 0.6 is 0 Å². The number of pyridine rings is 1. The average molecular weight is 896 g/mol. The van der Waals surface area contributed by atoms with Crippen molar-refractivity contribution in [3.8, 4) is 11.5 Å².